The van der Waals surface area contributed by atoms with Gasteiger partial charge in [0.05, 0.1) is 4.92 Å². The molecule has 2 aromatic carbocycles. The number of urea groups is 1. The molecule has 2 amide bonds. The number of benzene rings is 2. The second kappa shape index (κ2) is 8.70. The van der Waals surface area contributed by atoms with E-state index < -0.39 is 4.92 Å². The largest absolute Gasteiger partial charge is 0.326 e. The summed E-state index contributed by atoms with van der Waals surface area (Å²) in [4.78, 5) is 27.5. The van der Waals surface area contributed by atoms with E-state index in [4.69, 9.17) is 0 Å². The van der Waals surface area contributed by atoms with Crippen LogP contribution in [0.3, 0.4) is 0 Å². The van der Waals surface area contributed by atoms with Gasteiger partial charge < -0.3 is 5.32 Å². The van der Waals surface area contributed by atoms with Gasteiger partial charge in [0.15, 0.2) is 0 Å². The van der Waals surface area contributed by atoms with Crippen molar-refractivity contribution in [2.24, 2.45) is 0 Å². The van der Waals surface area contributed by atoms with Gasteiger partial charge in [-0.15, -0.1) is 0 Å². The number of hydrogen-bond donors (Lipinski definition) is 1. The van der Waals surface area contributed by atoms with Crippen molar-refractivity contribution < 1.29 is 14.1 Å². The Labute approximate surface area is 186 Å². The normalized spacial score (nSPS) is 17.2. The fraction of sp³-hybridized carbons (Fsp3) is 0.375. The van der Waals surface area contributed by atoms with Crippen LogP contribution in [0.1, 0.15) is 32.3 Å². The maximum Gasteiger partial charge on any atom is 0.326 e. The summed E-state index contributed by atoms with van der Waals surface area (Å²) >= 11 is 0. The fourth-order valence-corrected chi connectivity index (χ4v) is 4.58. The number of nitrogens with zero attached hydrogens (tertiary/aromatic N) is 3. The minimum absolute atomic E-state index is 0.0381. The number of nitro benzene ring substituents is 1. The summed E-state index contributed by atoms with van der Waals surface area (Å²) in [5, 5.41) is 13.7. The highest BCUT2D eigenvalue weighted by molar-refractivity contribution is 6.03. The first kappa shape index (κ1) is 22.0. The minimum atomic E-state index is -0.482. The number of carbonyl (C=O) groups is 1. The molecule has 7 nitrogen and oxygen atoms in total. The third-order valence-electron chi connectivity index (χ3n) is 6.43. The second-order valence-corrected chi connectivity index (χ2v) is 8.84. The van der Waals surface area contributed by atoms with Gasteiger partial charge in [0.25, 0.3) is 5.69 Å². The monoisotopic (exact) mass is 438 g/mol. The van der Waals surface area contributed by atoms with Crippen LogP contribution in [-0.4, -0.2) is 42.0 Å². The summed E-state index contributed by atoms with van der Waals surface area (Å²) in [5.74, 6) is -0.298. The van der Waals surface area contributed by atoms with Crippen molar-refractivity contribution in [1.82, 2.24) is 4.90 Å². The van der Waals surface area contributed by atoms with Gasteiger partial charge in [-0.05, 0) is 75.7 Å². The highest BCUT2D eigenvalue weighted by Gasteiger charge is 2.46. The molecule has 0 bridgehead atoms. The molecule has 32 heavy (non-hydrogen) atoms. The Hall–Kier alpha value is -3.26. The first-order chi connectivity index (χ1) is 15.3. The van der Waals surface area contributed by atoms with Crippen LogP contribution in [0.15, 0.2) is 54.1 Å². The number of fused-ring (bicyclic) bond motifs is 2. The highest BCUT2D eigenvalue weighted by Crippen LogP contribution is 2.47. The predicted octanol–water partition coefficient (Wildman–Crippen LogP) is 5.09. The zero-order valence-corrected chi connectivity index (χ0v) is 18.3. The lowest BCUT2D eigenvalue weighted by atomic mass is 9.74. The lowest BCUT2D eigenvalue weighted by Gasteiger charge is -2.39. The molecule has 0 unspecified atom stereocenters. The molecular weight excluding hydrogens is 411 g/mol. The molecule has 8 heteroatoms. The Balaban J connectivity index is 1.53. The third-order valence-corrected chi connectivity index (χ3v) is 6.43. The number of likely N-dealkylation sites (tertiary alicyclic amines) is 1. The standard InChI is InChI=1S/C24H27FN4O3/c1-17(2)9-12-27-13-10-24(11-14-27)16-28(22-8-3-18(25)15-21(22)24)23(30)26-19-4-6-20(7-5-19)29(31)32/h3-9,15H,10-14,16H2,1-2H3,(H,26,30). The van der Waals surface area contributed by atoms with Gasteiger partial charge in [0.2, 0.25) is 0 Å². The Morgan fingerprint density at radius 3 is 2.50 bits per heavy atom. The van der Waals surface area contributed by atoms with Crippen molar-refractivity contribution in [2.45, 2.75) is 32.1 Å². The van der Waals surface area contributed by atoms with Crippen LogP contribution in [0.5, 0.6) is 0 Å². The van der Waals surface area contributed by atoms with E-state index in [9.17, 15) is 19.3 Å². The molecule has 1 fully saturated rings. The van der Waals surface area contributed by atoms with E-state index in [0.29, 0.717) is 12.2 Å². The van der Waals surface area contributed by atoms with Gasteiger partial charge in [0.1, 0.15) is 5.82 Å². The van der Waals surface area contributed by atoms with Crippen molar-refractivity contribution in [2.75, 3.05) is 36.4 Å². The van der Waals surface area contributed by atoms with Crippen molar-refractivity contribution >= 4 is 23.1 Å². The van der Waals surface area contributed by atoms with Crippen LogP contribution < -0.4 is 10.2 Å². The summed E-state index contributed by atoms with van der Waals surface area (Å²) in [6, 6.07) is 10.0. The molecule has 1 N–H and O–H groups in total. The molecule has 2 aliphatic heterocycles. The highest BCUT2D eigenvalue weighted by atomic mass is 19.1. The van der Waals surface area contributed by atoms with E-state index in [1.54, 1.807) is 17.0 Å². The number of anilines is 2. The van der Waals surface area contributed by atoms with Crippen molar-refractivity contribution in [3.63, 3.8) is 0 Å². The number of rotatable bonds is 4. The summed E-state index contributed by atoms with van der Waals surface area (Å²) in [6.07, 6.45) is 3.91. The molecule has 0 radical (unpaired) electrons. The molecule has 1 saturated heterocycles. The number of amides is 2. The van der Waals surface area contributed by atoms with Crippen LogP contribution in [0.4, 0.5) is 26.2 Å². The van der Waals surface area contributed by atoms with Gasteiger partial charge in [-0.2, -0.15) is 0 Å². The van der Waals surface area contributed by atoms with Crippen LogP contribution in [0, 0.1) is 15.9 Å². The zero-order valence-electron chi connectivity index (χ0n) is 18.3. The Morgan fingerprint density at radius 2 is 1.88 bits per heavy atom. The van der Waals surface area contributed by atoms with E-state index in [1.807, 2.05) is 0 Å². The second-order valence-electron chi connectivity index (χ2n) is 8.84. The number of carbonyl (C=O) groups excluding carboxylic acids is 1. The third kappa shape index (κ3) is 4.36. The number of piperidine rings is 1. The summed E-state index contributed by atoms with van der Waals surface area (Å²) in [7, 11) is 0. The molecule has 0 aromatic heterocycles. The van der Waals surface area contributed by atoms with E-state index in [1.165, 1.54) is 35.9 Å². The topological polar surface area (TPSA) is 78.7 Å². The van der Waals surface area contributed by atoms with E-state index in [-0.39, 0.29) is 23.0 Å². The molecule has 2 heterocycles. The number of hydrogen-bond acceptors (Lipinski definition) is 4. The average Bonchev–Trinajstić information content (AvgIpc) is 3.07. The first-order valence-electron chi connectivity index (χ1n) is 10.8. The quantitative estimate of drug-likeness (QED) is 0.410. The summed E-state index contributed by atoms with van der Waals surface area (Å²) in [6.45, 7) is 7.33. The maximum absolute atomic E-state index is 14.2. The van der Waals surface area contributed by atoms with Crippen molar-refractivity contribution in [3.8, 4) is 0 Å². The van der Waals surface area contributed by atoms with Crippen molar-refractivity contribution in [3.05, 3.63) is 75.6 Å². The molecule has 2 aliphatic rings. The number of nitro groups is 1. The van der Waals surface area contributed by atoms with Crippen LogP contribution in [0.2, 0.25) is 0 Å². The number of non-ortho nitro benzene ring substituents is 1. The number of halogens is 1. The van der Waals surface area contributed by atoms with Crippen LogP contribution in [-0.2, 0) is 5.41 Å². The Bertz CT molecular complexity index is 1060. The zero-order chi connectivity index (χ0) is 22.9. The van der Waals surface area contributed by atoms with Gasteiger partial charge >= 0.3 is 6.03 Å². The summed E-state index contributed by atoms with van der Waals surface area (Å²) < 4.78 is 14.2. The van der Waals surface area contributed by atoms with Gasteiger partial charge in [-0.3, -0.25) is 19.9 Å². The minimum Gasteiger partial charge on any atom is -0.308 e. The number of nitrogens with one attached hydrogen (secondary N) is 1. The molecule has 0 aliphatic carbocycles. The summed E-state index contributed by atoms with van der Waals surface area (Å²) in [5.41, 5.74) is 3.06. The molecular formula is C24H27FN4O3. The smallest absolute Gasteiger partial charge is 0.308 e. The maximum atomic E-state index is 14.2. The van der Waals surface area contributed by atoms with E-state index in [0.717, 1.165) is 43.7 Å². The molecule has 0 atom stereocenters. The van der Waals surface area contributed by atoms with Crippen LogP contribution >= 0.6 is 0 Å². The lowest BCUT2D eigenvalue weighted by molar-refractivity contribution is -0.384. The Morgan fingerprint density at radius 1 is 1.19 bits per heavy atom. The lowest BCUT2D eigenvalue weighted by Crippen LogP contribution is -2.46. The molecule has 4 rings (SSSR count). The Kier molecular flexibility index (Phi) is 5.97. The van der Waals surface area contributed by atoms with E-state index >= 15 is 0 Å². The molecule has 1 spiro atoms. The van der Waals surface area contributed by atoms with E-state index in [2.05, 4.69) is 30.1 Å². The SMILES string of the molecule is CC(C)=CCN1CCC2(CC1)CN(C(=O)Nc1ccc([N+](=O)[O-])cc1)c1ccc(F)cc12. The van der Waals surface area contributed by atoms with Gasteiger partial charge in [0, 0.05) is 42.0 Å². The average molecular weight is 439 g/mol. The molecule has 168 valence electrons. The molecule has 0 saturated carbocycles. The van der Waals surface area contributed by atoms with Crippen LogP contribution in [0.25, 0.3) is 0 Å². The molecule has 2 aromatic rings. The van der Waals surface area contributed by atoms with Gasteiger partial charge in [-0.25, -0.2) is 9.18 Å². The van der Waals surface area contributed by atoms with Crippen molar-refractivity contribution in [1.29, 1.82) is 0 Å². The first-order valence-corrected chi connectivity index (χ1v) is 10.8. The number of allylic oxidation sites excluding steroid dienone is 1. The van der Waals surface area contributed by atoms with Gasteiger partial charge in [-0.1, -0.05) is 11.6 Å². The predicted molar refractivity (Wildman–Crippen MR) is 123 cm³/mol. The fourth-order valence-electron chi connectivity index (χ4n) is 4.58.